The molecular formula is C23H25N3O2. The average molecular weight is 375 g/mol. The summed E-state index contributed by atoms with van der Waals surface area (Å²) in [5, 5.41) is 10.5. The molecule has 1 aliphatic heterocycles. The number of aryl methyl sites for hydroxylation is 2. The fourth-order valence-corrected chi connectivity index (χ4v) is 4.67. The number of hydrogen-bond acceptors (Lipinski definition) is 3. The van der Waals surface area contributed by atoms with E-state index in [9.17, 15) is 9.90 Å². The molecule has 2 aromatic carbocycles. The summed E-state index contributed by atoms with van der Waals surface area (Å²) in [5.74, 6) is 1.21. The summed E-state index contributed by atoms with van der Waals surface area (Å²) < 4.78 is 0. The summed E-state index contributed by atoms with van der Waals surface area (Å²) >= 11 is 0. The number of phenolic OH excluding ortho intramolecular Hbond substituents is 1. The van der Waals surface area contributed by atoms with Crippen molar-refractivity contribution in [3.63, 3.8) is 0 Å². The molecule has 0 saturated carbocycles. The van der Waals surface area contributed by atoms with Crippen molar-refractivity contribution < 1.29 is 9.90 Å². The monoisotopic (exact) mass is 375 g/mol. The summed E-state index contributed by atoms with van der Waals surface area (Å²) in [6.45, 7) is 1.36. The van der Waals surface area contributed by atoms with Crippen LogP contribution in [0.1, 0.15) is 58.9 Å². The van der Waals surface area contributed by atoms with Gasteiger partial charge in [-0.3, -0.25) is 4.79 Å². The Hall–Kier alpha value is -2.82. The Morgan fingerprint density at radius 3 is 2.71 bits per heavy atom. The molecule has 0 spiro atoms. The van der Waals surface area contributed by atoms with Gasteiger partial charge >= 0.3 is 0 Å². The maximum Gasteiger partial charge on any atom is 0.257 e. The molecule has 28 heavy (non-hydrogen) atoms. The van der Waals surface area contributed by atoms with E-state index in [1.807, 2.05) is 41.3 Å². The second-order valence-electron chi connectivity index (χ2n) is 8.07. The number of likely N-dealkylation sites (tertiary alicyclic amines) is 1. The third-order valence-corrected chi connectivity index (χ3v) is 6.19. The van der Waals surface area contributed by atoms with Gasteiger partial charge in [-0.25, -0.2) is 4.98 Å². The third-order valence-electron chi connectivity index (χ3n) is 6.19. The number of aromatic hydroxyl groups is 1. The molecular weight excluding hydrogens is 350 g/mol. The quantitative estimate of drug-likeness (QED) is 0.706. The van der Waals surface area contributed by atoms with Crippen LogP contribution in [0.15, 0.2) is 36.4 Å². The van der Waals surface area contributed by atoms with E-state index in [-0.39, 0.29) is 17.6 Å². The van der Waals surface area contributed by atoms with E-state index in [0.29, 0.717) is 12.1 Å². The Bertz CT molecular complexity index is 1010. The molecule has 2 N–H and O–H groups in total. The summed E-state index contributed by atoms with van der Waals surface area (Å²) in [6.07, 6.45) is 6.26. The lowest BCUT2D eigenvalue weighted by Crippen LogP contribution is -2.39. The predicted octanol–water partition coefficient (Wildman–Crippen LogP) is 4.17. The number of aromatic amines is 1. The van der Waals surface area contributed by atoms with Crippen molar-refractivity contribution in [2.45, 2.75) is 44.4 Å². The molecule has 5 heteroatoms. The molecule has 1 fully saturated rings. The highest BCUT2D eigenvalue weighted by Crippen LogP contribution is 2.32. The molecule has 2 aliphatic rings. The number of imidazole rings is 1. The van der Waals surface area contributed by atoms with Crippen LogP contribution in [-0.2, 0) is 12.8 Å². The van der Waals surface area contributed by atoms with Crippen molar-refractivity contribution in [1.29, 1.82) is 0 Å². The lowest BCUT2D eigenvalue weighted by molar-refractivity contribution is 0.0701. The van der Waals surface area contributed by atoms with E-state index in [1.54, 1.807) is 0 Å². The van der Waals surface area contributed by atoms with Gasteiger partial charge in [0.05, 0.1) is 16.6 Å². The first kappa shape index (κ1) is 17.3. The van der Waals surface area contributed by atoms with Gasteiger partial charge in [0, 0.05) is 19.0 Å². The molecule has 1 amide bonds. The van der Waals surface area contributed by atoms with Crippen molar-refractivity contribution in [2.24, 2.45) is 0 Å². The van der Waals surface area contributed by atoms with Crippen LogP contribution in [0.3, 0.4) is 0 Å². The molecule has 2 heterocycles. The van der Waals surface area contributed by atoms with Crippen molar-refractivity contribution in [3.05, 3.63) is 58.9 Å². The zero-order chi connectivity index (χ0) is 19.1. The molecule has 0 radical (unpaired) electrons. The number of piperidine rings is 1. The van der Waals surface area contributed by atoms with Crippen LogP contribution in [0.5, 0.6) is 5.75 Å². The van der Waals surface area contributed by atoms with Gasteiger partial charge in [0.25, 0.3) is 5.91 Å². The largest absolute Gasteiger partial charge is 0.507 e. The number of aromatic nitrogens is 2. The van der Waals surface area contributed by atoms with E-state index in [0.717, 1.165) is 61.9 Å². The third kappa shape index (κ3) is 3.05. The molecule has 3 aromatic rings. The zero-order valence-corrected chi connectivity index (χ0v) is 15.9. The standard InChI is InChI=1S/C23H25N3O2/c27-21-13-16-7-2-1-6-15(16)12-18(21)23(28)26-11-5-8-17(14-26)22-24-19-9-3-4-10-20(19)25-22/h3-4,9-10,12-13,17,27H,1-2,5-8,11,14H2,(H,24,25). The fraction of sp³-hybridized carbons (Fsp3) is 0.391. The first-order valence-electron chi connectivity index (χ1n) is 10.3. The van der Waals surface area contributed by atoms with Gasteiger partial charge in [-0.15, -0.1) is 0 Å². The molecule has 5 rings (SSSR count). The Morgan fingerprint density at radius 1 is 1.11 bits per heavy atom. The first-order chi connectivity index (χ1) is 13.7. The Labute approximate surface area is 164 Å². The lowest BCUT2D eigenvalue weighted by Gasteiger charge is -2.32. The average Bonchev–Trinajstić information content (AvgIpc) is 3.17. The van der Waals surface area contributed by atoms with Gasteiger partial charge in [0.1, 0.15) is 11.6 Å². The van der Waals surface area contributed by atoms with E-state index in [4.69, 9.17) is 4.98 Å². The summed E-state index contributed by atoms with van der Waals surface area (Å²) in [4.78, 5) is 23.2. The summed E-state index contributed by atoms with van der Waals surface area (Å²) in [7, 11) is 0. The number of rotatable bonds is 2. The number of carbonyl (C=O) groups is 1. The van der Waals surface area contributed by atoms with Crippen LogP contribution in [0.25, 0.3) is 11.0 Å². The summed E-state index contributed by atoms with van der Waals surface area (Å²) in [6, 6.07) is 11.8. The lowest BCUT2D eigenvalue weighted by atomic mass is 9.89. The van der Waals surface area contributed by atoms with E-state index in [2.05, 4.69) is 4.98 Å². The smallest absolute Gasteiger partial charge is 0.257 e. The number of fused-ring (bicyclic) bond motifs is 2. The number of phenols is 1. The number of H-pyrrole nitrogens is 1. The van der Waals surface area contributed by atoms with Crippen molar-refractivity contribution >= 4 is 16.9 Å². The maximum atomic E-state index is 13.2. The minimum Gasteiger partial charge on any atom is -0.507 e. The highest BCUT2D eigenvalue weighted by Gasteiger charge is 2.29. The number of benzene rings is 2. The molecule has 0 bridgehead atoms. The van der Waals surface area contributed by atoms with Crippen molar-refractivity contribution in [1.82, 2.24) is 14.9 Å². The Balaban J connectivity index is 1.39. The molecule has 1 aliphatic carbocycles. The number of nitrogens with one attached hydrogen (secondary N) is 1. The molecule has 5 nitrogen and oxygen atoms in total. The van der Waals surface area contributed by atoms with E-state index < -0.39 is 0 Å². The number of carbonyl (C=O) groups excluding carboxylic acids is 1. The van der Waals surface area contributed by atoms with E-state index in [1.165, 1.54) is 11.1 Å². The molecule has 1 atom stereocenters. The van der Waals surface area contributed by atoms with Gasteiger partial charge in [0.2, 0.25) is 0 Å². The maximum absolute atomic E-state index is 13.2. The van der Waals surface area contributed by atoms with Gasteiger partial charge in [-0.1, -0.05) is 12.1 Å². The Morgan fingerprint density at radius 2 is 1.89 bits per heavy atom. The van der Waals surface area contributed by atoms with Crippen LogP contribution in [0, 0.1) is 0 Å². The van der Waals surface area contributed by atoms with Crippen LogP contribution in [0.4, 0.5) is 0 Å². The van der Waals surface area contributed by atoms with Gasteiger partial charge in [-0.05, 0) is 73.9 Å². The minimum atomic E-state index is -0.0633. The molecule has 144 valence electrons. The van der Waals surface area contributed by atoms with Gasteiger partial charge in [-0.2, -0.15) is 0 Å². The molecule has 1 unspecified atom stereocenters. The zero-order valence-electron chi connectivity index (χ0n) is 15.9. The highest BCUT2D eigenvalue weighted by atomic mass is 16.3. The molecule has 1 saturated heterocycles. The fourth-order valence-electron chi connectivity index (χ4n) is 4.67. The van der Waals surface area contributed by atoms with Crippen molar-refractivity contribution in [3.8, 4) is 5.75 Å². The second kappa shape index (κ2) is 6.97. The second-order valence-corrected chi connectivity index (χ2v) is 8.07. The Kier molecular flexibility index (Phi) is 4.30. The van der Waals surface area contributed by atoms with Crippen LogP contribution < -0.4 is 0 Å². The van der Waals surface area contributed by atoms with Crippen LogP contribution >= 0.6 is 0 Å². The number of nitrogens with zero attached hydrogens (tertiary/aromatic N) is 2. The molecule has 1 aromatic heterocycles. The number of hydrogen-bond donors (Lipinski definition) is 2. The number of para-hydroxylation sites is 2. The number of amides is 1. The van der Waals surface area contributed by atoms with Crippen LogP contribution in [0.2, 0.25) is 0 Å². The van der Waals surface area contributed by atoms with E-state index >= 15 is 0 Å². The normalized spacial score (nSPS) is 19.6. The summed E-state index contributed by atoms with van der Waals surface area (Å²) in [5.41, 5.74) is 4.87. The van der Waals surface area contributed by atoms with Crippen LogP contribution in [-0.4, -0.2) is 39.0 Å². The highest BCUT2D eigenvalue weighted by molar-refractivity contribution is 5.97. The van der Waals surface area contributed by atoms with Gasteiger partial charge in [0.15, 0.2) is 0 Å². The first-order valence-corrected chi connectivity index (χ1v) is 10.3. The SMILES string of the molecule is O=C(c1cc2c(cc1O)CCCC2)N1CCCC(c2nc3ccccc3[nH]2)C1. The minimum absolute atomic E-state index is 0.0633. The van der Waals surface area contributed by atoms with Crippen molar-refractivity contribution in [2.75, 3.05) is 13.1 Å². The van der Waals surface area contributed by atoms with Gasteiger partial charge < -0.3 is 15.0 Å². The topological polar surface area (TPSA) is 69.2 Å². The predicted molar refractivity (Wildman–Crippen MR) is 109 cm³/mol.